The summed E-state index contributed by atoms with van der Waals surface area (Å²) in [5.41, 5.74) is 4.53. The highest BCUT2D eigenvalue weighted by atomic mass is 32.1. The summed E-state index contributed by atoms with van der Waals surface area (Å²) < 4.78 is 8.81. The third-order valence-corrected chi connectivity index (χ3v) is 6.10. The number of carbonyl (C=O) groups excluding carboxylic acids is 2. The zero-order valence-electron chi connectivity index (χ0n) is 17.5. The number of ketones is 1. The van der Waals surface area contributed by atoms with E-state index in [0.717, 1.165) is 41.4 Å². The van der Waals surface area contributed by atoms with Crippen molar-refractivity contribution in [2.24, 2.45) is 0 Å². The third kappa shape index (κ3) is 5.16. The van der Waals surface area contributed by atoms with Gasteiger partial charge in [0.05, 0.1) is 6.42 Å². The fourth-order valence-corrected chi connectivity index (χ4v) is 4.25. The Hall–Kier alpha value is -2.93. The number of aryl methyl sites for hydroxylation is 3. The summed E-state index contributed by atoms with van der Waals surface area (Å²) in [6, 6.07) is 12.1. The first kappa shape index (κ1) is 21.8. The number of esters is 1. The number of ether oxygens (including phenoxy) is 1. The second-order valence-electron chi connectivity index (χ2n) is 7.30. The van der Waals surface area contributed by atoms with Gasteiger partial charge in [0.25, 0.3) is 0 Å². The summed E-state index contributed by atoms with van der Waals surface area (Å²) in [4.78, 5) is 36.2. The molecule has 0 bridgehead atoms. The minimum absolute atomic E-state index is 0.0564. The van der Waals surface area contributed by atoms with Gasteiger partial charge in [0.2, 0.25) is 5.78 Å². The van der Waals surface area contributed by atoms with Crippen LogP contribution in [-0.2, 0) is 29.0 Å². The van der Waals surface area contributed by atoms with Crippen LogP contribution >= 0.6 is 11.3 Å². The number of carbonyl (C=O) groups is 2. The lowest BCUT2D eigenvalue weighted by Gasteiger charge is -2.10. The Kier molecular flexibility index (Phi) is 7.05. The summed E-state index contributed by atoms with van der Waals surface area (Å²) in [6.45, 7) is 6.46. The van der Waals surface area contributed by atoms with Crippen LogP contribution in [0, 0.1) is 20.8 Å². The Labute approximate surface area is 179 Å². The van der Waals surface area contributed by atoms with E-state index in [1.54, 1.807) is 5.38 Å². The average Bonchev–Trinajstić information content (AvgIpc) is 3.21. The molecule has 0 aliphatic rings. The van der Waals surface area contributed by atoms with Crippen LogP contribution < -0.4 is 4.87 Å². The Morgan fingerprint density at radius 1 is 1.00 bits per heavy atom. The molecule has 0 spiro atoms. The van der Waals surface area contributed by atoms with E-state index in [-0.39, 0.29) is 30.2 Å². The predicted molar refractivity (Wildman–Crippen MR) is 117 cm³/mol. The van der Waals surface area contributed by atoms with Gasteiger partial charge in [-0.1, -0.05) is 41.7 Å². The van der Waals surface area contributed by atoms with Crippen molar-refractivity contribution in [1.29, 1.82) is 0 Å². The molecular formula is C23H26N2O4S. The van der Waals surface area contributed by atoms with Crippen molar-refractivity contribution >= 4 is 23.1 Å². The molecule has 0 radical (unpaired) electrons. The van der Waals surface area contributed by atoms with Gasteiger partial charge in [0.1, 0.15) is 0 Å². The first-order valence-electron chi connectivity index (χ1n) is 9.91. The van der Waals surface area contributed by atoms with Gasteiger partial charge in [-0.25, -0.2) is 0 Å². The summed E-state index contributed by atoms with van der Waals surface area (Å²) in [5, 5.41) is 1.75. The van der Waals surface area contributed by atoms with Crippen LogP contribution in [0.25, 0.3) is 0 Å². The standard InChI is InChI=1S/C23H26N2O4S/c1-16-13-20(18(3)24(16)11-9-19-7-5-4-6-8-19)21(26)14-29-22(27)10-12-25-17(2)15-30-23(25)28/h4-8,13,15H,9-12,14H2,1-3H3. The van der Waals surface area contributed by atoms with Crippen molar-refractivity contribution in [1.82, 2.24) is 9.13 Å². The number of hydrogen-bond donors (Lipinski definition) is 0. The molecule has 0 amide bonds. The van der Waals surface area contributed by atoms with Gasteiger partial charge in [-0.3, -0.25) is 14.4 Å². The third-order valence-electron chi connectivity index (χ3n) is 5.22. The average molecular weight is 427 g/mol. The number of nitrogens with zero attached hydrogens (tertiary/aromatic N) is 2. The topological polar surface area (TPSA) is 70.3 Å². The lowest BCUT2D eigenvalue weighted by Crippen LogP contribution is -2.20. The highest BCUT2D eigenvalue weighted by Crippen LogP contribution is 2.17. The van der Waals surface area contributed by atoms with Crippen LogP contribution in [-0.4, -0.2) is 27.5 Å². The van der Waals surface area contributed by atoms with Crippen LogP contribution in [0.1, 0.15) is 39.4 Å². The molecule has 6 nitrogen and oxygen atoms in total. The van der Waals surface area contributed by atoms with Gasteiger partial charge < -0.3 is 13.9 Å². The molecule has 0 unspecified atom stereocenters. The fraction of sp³-hybridized carbons (Fsp3) is 0.348. The number of hydrogen-bond acceptors (Lipinski definition) is 5. The molecule has 3 aromatic rings. The van der Waals surface area contributed by atoms with Crippen molar-refractivity contribution in [2.75, 3.05) is 6.61 Å². The molecular weight excluding hydrogens is 400 g/mol. The maximum absolute atomic E-state index is 12.6. The molecule has 1 aromatic carbocycles. The van der Waals surface area contributed by atoms with Gasteiger partial charge in [-0.2, -0.15) is 0 Å². The Balaban J connectivity index is 1.55. The molecule has 0 N–H and O–H groups in total. The molecule has 3 rings (SSSR count). The Bertz CT molecular complexity index is 1090. The van der Waals surface area contributed by atoms with Crippen LogP contribution in [0.15, 0.2) is 46.6 Å². The first-order valence-corrected chi connectivity index (χ1v) is 10.8. The minimum atomic E-state index is -0.487. The van der Waals surface area contributed by atoms with Crippen molar-refractivity contribution in [3.8, 4) is 0 Å². The summed E-state index contributed by atoms with van der Waals surface area (Å²) in [7, 11) is 0. The number of thiazole rings is 1. The van der Waals surface area contributed by atoms with E-state index in [1.807, 2.05) is 45.0 Å². The molecule has 30 heavy (non-hydrogen) atoms. The molecule has 158 valence electrons. The smallest absolute Gasteiger partial charge is 0.308 e. The number of rotatable bonds is 9. The zero-order valence-corrected chi connectivity index (χ0v) is 18.3. The SMILES string of the molecule is Cc1cc(C(=O)COC(=O)CCn2c(C)csc2=O)c(C)n1CCc1ccccc1. The molecule has 2 aromatic heterocycles. The normalized spacial score (nSPS) is 10.9. The van der Waals surface area contributed by atoms with E-state index in [9.17, 15) is 14.4 Å². The predicted octanol–water partition coefficient (Wildman–Crippen LogP) is 3.70. The highest BCUT2D eigenvalue weighted by Gasteiger charge is 2.17. The lowest BCUT2D eigenvalue weighted by molar-refractivity contribution is -0.142. The van der Waals surface area contributed by atoms with E-state index in [2.05, 4.69) is 16.7 Å². The molecule has 0 saturated heterocycles. The molecule has 2 heterocycles. The number of benzene rings is 1. The lowest BCUT2D eigenvalue weighted by atomic mass is 10.1. The molecule has 0 saturated carbocycles. The number of Topliss-reactive ketones (excluding diaryl/α,β-unsaturated/α-hetero) is 1. The maximum Gasteiger partial charge on any atom is 0.308 e. The van der Waals surface area contributed by atoms with Crippen LogP contribution in [0.5, 0.6) is 0 Å². The van der Waals surface area contributed by atoms with E-state index in [4.69, 9.17) is 4.74 Å². The van der Waals surface area contributed by atoms with Gasteiger partial charge in [-0.05, 0) is 38.8 Å². The van der Waals surface area contributed by atoms with Crippen molar-refractivity contribution < 1.29 is 14.3 Å². The van der Waals surface area contributed by atoms with E-state index in [0.29, 0.717) is 5.56 Å². The van der Waals surface area contributed by atoms with Crippen LogP contribution in [0.2, 0.25) is 0 Å². The summed E-state index contributed by atoms with van der Waals surface area (Å²) in [5.74, 6) is -0.704. The Morgan fingerprint density at radius 3 is 2.40 bits per heavy atom. The second-order valence-corrected chi connectivity index (χ2v) is 8.12. The first-order chi connectivity index (χ1) is 14.4. The summed E-state index contributed by atoms with van der Waals surface area (Å²) >= 11 is 1.10. The van der Waals surface area contributed by atoms with Gasteiger partial charge in [-0.15, -0.1) is 0 Å². The van der Waals surface area contributed by atoms with E-state index < -0.39 is 5.97 Å². The molecule has 0 fully saturated rings. The van der Waals surface area contributed by atoms with Crippen molar-refractivity contribution in [2.45, 2.75) is 46.7 Å². The van der Waals surface area contributed by atoms with Gasteiger partial charge >= 0.3 is 10.8 Å². The largest absolute Gasteiger partial charge is 0.457 e. The van der Waals surface area contributed by atoms with E-state index >= 15 is 0 Å². The molecule has 0 aliphatic carbocycles. The molecule has 0 atom stereocenters. The zero-order chi connectivity index (χ0) is 21.7. The van der Waals surface area contributed by atoms with Crippen molar-refractivity contribution in [3.63, 3.8) is 0 Å². The quantitative estimate of drug-likeness (QED) is 0.386. The fourth-order valence-electron chi connectivity index (χ4n) is 3.49. The van der Waals surface area contributed by atoms with Crippen LogP contribution in [0.4, 0.5) is 0 Å². The second kappa shape index (κ2) is 9.71. The van der Waals surface area contributed by atoms with Crippen molar-refractivity contribution in [3.05, 3.63) is 79.7 Å². The van der Waals surface area contributed by atoms with Gasteiger partial charge in [0.15, 0.2) is 6.61 Å². The molecule has 7 heteroatoms. The summed E-state index contributed by atoms with van der Waals surface area (Å²) in [6.07, 6.45) is 0.933. The highest BCUT2D eigenvalue weighted by molar-refractivity contribution is 7.07. The maximum atomic E-state index is 12.6. The Morgan fingerprint density at radius 2 is 1.73 bits per heavy atom. The van der Waals surface area contributed by atoms with Gasteiger partial charge in [0, 0.05) is 41.1 Å². The minimum Gasteiger partial charge on any atom is -0.457 e. The molecule has 0 aliphatic heterocycles. The van der Waals surface area contributed by atoms with E-state index in [1.165, 1.54) is 10.1 Å². The van der Waals surface area contributed by atoms with Crippen LogP contribution in [0.3, 0.4) is 0 Å². The number of aromatic nitrogens is 2. The monoisotopic (exact) mass is 426 g/mol.